The number of hydrogen-bond acceptors (Lipinski definition) is 4. The molecule has 80 valence electrons. The third-order valence-electron chi connectivity index (χ3n) is 2.27. The average molecular weight is 227 g/mol. The molecule has 1 aromatic heterocycles. The molecular weight excluding hydrogens is 216 g/mol. The highest BCUT2D eigenvalue weighted by molar-refractivity contribution is 6.30. The van der Waals surface area contributed by atoms with E-state index in [9.17, 15) is 4.79 Å². The number of anilines is 2. The van der Waals surface area contributed by atoms with Gasteiger partial charge in [0, 0.05) is 25.2 Å². The van der Waals surface area contributed by atoms with Gasteiger partial charge in [-0.1, -0.05) is 11.6 Å². The van der Waals surface area contributed by atoms with Gasteiger partial charge in [-0.15, -0.1) is 0 Å². The highest BCUT2D eigenvalue weighted by atomic mass is 35.5. The number of pyridine rings is 1. The van der Waals surface area contributed by atoms with Crippen LogP contribution in [0.25, 0.3) is 0 Å². The molecule has 0 aliphatic carbocycles. The summed E-state index contributed by atoms with van der Waals surface area (Å²) in [6.07, 6.45) is 1.80. The molecule has 1 atom stereocenters. The van der Waals surface area contributed by atoms with Crippen LogP contribution in [0.1, 0.15) is 6.42 Å². The smallest absolute Gasteiger partial charge is 0.229 e. The first-order chi connectivity index (χ1) is 7.08. The fourth-order valence-electron chi connectivity index (χ4n) is 1.61. The van der Waals surface area contributed by atoms with Crippen LogP contribution < -0.4 is 16.4 Å². The summed E-state index contributed by atoms with van der Waals surface area (Å²) in [5.41, 5.74) is 11.8. The molecule has 1 saturated heterocycles. The second kappa shape index (κ2) is 3.67. The van der Waals surface area contributed by atoms with E-state index in [1.54, 1.807) is 6.07 Å². The quantitative estimate of drug-likeness (QED) is 0.725. The Morgan fingerprint density at radius 1 is 1.60 bits per heavy atom. The Morgan fingerprint density at radius 2 is 2.33 bits per heavy atom. The maximum absolute atomic E-state index is 11.5. The van der Waals surface area contributed by atoms with Crippen molar-refractivity contribution in [1.29, 1.82) is 0 Å². The molecule has 1 amide bonds. The Kier molecular flexibility index (Phi) is 2.50. The van der Waals surface area contributed by atoms with Crippen molar-refractivity contribution in [2.45, 2.75) is 12.5 Å². The van der Waals surface area contributed by atoms with E-state index in [-0.39, 0.29) is 11.9 Å². The summed E-state index contributed by atoms with van der Waals surface area (Å²) >= 11 is 5.72. The molecule has 1 aromatic rings. The first kappa shape index (κ1) is 10.2. The molecule has 15 heavy (non-hydrogen) atoms. The summed E-state index contributed by atoms with van der Waals surface area (Å²) in [7, 11) is 0. The van der Waals surface area contributed by atoms with E-state index in [1.807, 2.05) is 0 Å². The number of hydrogen-bond donors (Lipinski definition) is 2. The number of nitrogens with two attached hydrogens (primary N) is 2. The lowest BCUT2D eigenvalue weighted by Crippen LogP contribution is -2.29. The minimum absolute atomic E-state index is 0.0518. The van der Waals surface area contributed by atoms with Crippen molar-refractivity contribution in [1.82, 2.24) is 4.98 Å². The Morgan fingerprint density at radius 3 is 2.87 bits per heavy atom. The Labute approximate surface area is 92.0 Å². The minimum atomic E-state index is -0.144. The standard InChI is InChI=1S/C9H11ClN4O/c10-5-1-7(12)9(13-3-5)14-4-6(11)2-8(14)15/h1,3,6H,2,4,11-12H2. The van der Waals surface area contributed by atoms with Crippen molar-refractivity contribution in [2.24, 2.45) is 5.73 Å². The van der Waals surface area contributed by atoms with Crippen LogP contribution in [-0.4, -0.2) is 23.5 Å². The highest BCUT2D eigenvalue weighted by Crippen LogP contribution is 2.26. The molecule has 2 heterocycles. The number of nitrogen functional groups attached to an aromatic ring is 1. The van der Waals surface area contributed by atoms with E-state index in [2.05, 4.69) is 4.98 Å². The topological polar surface area (TPSA) is 85.2 Å². The van der Waals surface area contributed by atoms with Gasteiger partial charge in [0.25, 0.3) is 0 Å². The van der Waals surface area contributed by atoms with Crippen LogP contribution in [0, 0.1) is 0 Å². The normalized spacial score (nSPS) is 21.1. The van der Waals surface area contributed by atoms with E-state index in [1.165, 1.54) is 11.1 Å². The first-order valence-electron chi connectivity index (χ1n) is 4.55. The molecule has 1 fully saturated rings. The first-order valence-corrected chi connectivity index (χ1v) is 4.92. The van der Waals surface area contributed by atoms with Crippen LogP contribution in [0.2, 0.25) is 5.02 Å². The Bertz CT molecular complexity index is 409. The minimum Gasteiger partial charge on any atom is -0.396 e. The second-order valence-corrected chi connectivity index (χ2v) is 3.97. The van der Waals surface area contributed by atoms with Gasteiger partial charge in [0.2, 0.25) is 5.91 Å². The number of aromatic nitrogens is 1. The lowest BCUT2D eigenvalue weighted by Gasteiger charge is -2.16. The number of nitrogens with zero attached hydrogens (tertiary/aromatic N) is 2. The fraction of sp³-hybridized carbons (Fsp3) is 0.333. The van der Waals surface area contributed by atoms with Gasteiger partial charge in [-0.25, -0.2) is 4.98 Å². The molecule has 1 unspecified atom stereocenters. The molecule has 6 heteroatoms. The van der Waals surface area contributed by atoms with Gasteiger partial charge < -0.3 is 11.5 Å². The molecule has 0 radical (unpaired) electrons. The monoisotopic (exact) mass is 226 g/mol. The van der Waals surface area contributed by atoms with Gasteiger partial charge in [0.1, 0.15) is 0 Å². The average Bonchev–Trinajstić information content (AvgIpc) is 2.45. The van der Waals surface area contributed by atoms with Crippen LogP contribution in [-0.2, 0) is 4.79 Å². The van der Waals surface area contributed by atoms with Crippen LogP contribution >= 0.6 is 11.6 Å². The highest BCUT2D eigenvalue weighted by Gasteiger charge is 2.30. The van der Waals surface area contributed by atoms with Crippen molar-refractivity contribution < 1.29 is 4.79 Å². The predicted molar refractivity (Wildman–Crippen MR) is 58.6 cm³/mol. The molecule has 5 nitrogen and oxygen atoms in total. The van der Waals surface area contributed by atoms with E-state index in [0.29, 0.717) is 29.5 Å². The lowest BCUT2D eigenvalue weighted by molar-refractivity contribution is -0.117. The summed E-state index contributed by atoms with van der Waals surface area (Å²) in [6, 6.07) is 1.43. The largest absolute Gasteiger partial charge is 0.396 e. The number of halogens is 1. The summed E-state index contributed by atoms with van der Waals surface area (Å²) in [5, 5.41) is 0.451. The van der Waals surface area contributed by atoms with Gasteiger partial charge in [0.15, 0.2) is 5.82 Å². The van der Waals surface area contributed by atoms with E-state index in [4.69, 9.17) is 23.1 Å². The zero-order valence-corrected chi connectivity index (χ0v) is 8.74. The van der Waals surface area contributed by atoms with Crippen LogP contribution in [0.5, 0.6) is 0 Å². The van der Waals surface area contributed by atoms with Crippen molar-refractivity contribution in [3.8, 4) is 0 Å². The van der Waals surface area contributed by atoms with E-state index >= 15 is 0 Å². The number of rotatable bonds is 1. The summed E-state index contributed by atoms with van der Waals surface area (Å²) in [5.74, 6) is 0.390. The third kappa shape index (κ3) is 1.88. The molecule has 2 rings (SSSR count). The maximum atomic E-state index is 11.5. The SMILES string of the molecule is Nc1cc(Cl)cnc1N1CC(N)CC1=O. The summed E-state index contributed by atoms with van der Waals surface area (Å²) in [6.45, 7) is 0.456. The molecule has 0 spiro atoms. The van der Waals surface area contributed by atoms with Crippen LogP contribution in [0.3, 0.4) is 0 Å². The molecule has 4 N–H and O–H groups in total. The zero-order chi connectivity index (χ0) is 11.0. The van der Waals surface area contributed by atoms with Gasteiger partial charge in [0.05, 0.1) is 10.7 Å². The molecule has 1 aliphatic rings. The molecular formula is C9H11ClN4O. The van der Waals surface area contributed by atoms with Crippen molar-refractivity contribution in [2.75, 3.05) is 17.2 Å². The molecule has 0 saturated carbocycles. The summed E-state index contributed by atoms with van der Waals surface area (Å²) in [4.78, 5) is 17.1. The fourth-order valence-corrected chi connectivity index (χ4v) is 1.78. The summed E-state index contributed by atoms with van der Waals surface area (Å²) < 4.78 is 0. The van der Waals surface area contributed by atoms with E-state index in [0.717, 1.165) is 0 Å². The number of carbonyl (C=O) groups excluding carboxylic acids is 1. The lowest BCUT2D eigenvalue weighted by atomic mass is 10.3. The third-order valence-corrected chi connectivity index (χ3v) is 2.48. The number of amides is 1. The Balaban J connectivity index is 2.34. The molecule has 1 aliphatic heterocycles. The van der Waals surface area contributed by atoms with Gasteiger partial charge in [-0.05, 0) is 6.07 Å². The zero-order valence-electron chi connectivity index (χ0n) is 7.98. The Hall–Kier alpha value is -1.33. The number of carbonyl (C=O) groups is 1. The van der Waals surface area contributed by atoms with Crippen molar-refractivity contribution in [3.63, 3.8) is 0 Å². The molecule has 0 bridgehead atoms. The van der Waals surface area contributed by atoms with E-state index < -0.39 is 0 Å². The van der Waals surface area contributed by atoms with Gasteiger partial charge >= 0.3 is 0 Å². The van der Waals surface area contributed by atoms with Crippen LogP contribution in [0.15, 0.2) is 12.3 Å². The van der Waals surface area contributed by atoms with Crippen molar-refractivity contribution >= 4 is 29.0 Å². The molecule has 0 aromatic carbocycles. The second-order valence-electron chi connectivity index (χ2n) is 3.53. The predicted octanol–water partition coefficient (Wildman–Crippen LogP) is 0.381. The van der Waals surface area contributed by atoms with Crippen molar-refractivity contribution in [3.05, 3.63) is 17.3 Å². The van der Waals surface area contributed by atoms with Crippen LogP contribution in [0.4, 0.5) is 11.5 Å². The maximum Gasteiger partial charge on any atom is 0.229 e. The van der Waals surface area contributed by atoms with Gasteiger partial charge in [-0.3, -0.25) is 9.69 Å². The van der Waals surface area contributed by atoms with Gasteiger partial charge in [-0.2, -0.15) is 0 Å².